The second kappa shape index (κ2) is 7.19. The van der Waals surface area contributed by atoms with E-state index in [9.17, 15) is 9.90 Å². The van der Waals surface area contributed by atoms with E-state index in [1.807, 2.05) is 17.9 Å². The predicted octanol–water partition coefficient (Wildman–Crippen LogP) is 4.19. The minimum absolute atomic E-state index is 0.280. The Kier molecular flexibility index (Phi) is 4.29. The maximum Gasteiger partial charge on any atom is 0.225 e. The fraction of sp³-hybridized carbons (Fsp3) is 0.429. The fourth-order valence-electron chi connectivity index (χ4n) is 5.55. The molecule has 34 heavy (non-hydrogen) atoms. The number of aliphatic hydroxyl groups is 1. The van der Waals surface area contributed by atoms with Gasteiger partial charge in [0.25, 0.3) is 0 Å². The number of benzene rings is 2. The van der Waals surface area contributed by atoms with E-state index in [4.69, 9.17) is 9.41 Å². The molecule has 2 aliphatic carbocycles. The molecule has 3 heterocycles. The van der Waals surface area contributed by atoms with Crippen LogP contribution in [0.4, 0.5) is 0 Å². The van der Waals surface area contributed by atoms with E-state index in [0.717, 1.165) is 84.6 Å². The lowest BCUT2D eigenvalue weighted by atomic mass is 9.97. The standard InChI is InChI=1S/C28H29N3O3/c1-17-12-23-13-22(8-9-24(23)34-17)19-2-4-20(5-3-19)25-29-28(10-11-28)27(33)31(25)16-18-14-30(15-18)26(32)21-6-7-21/h2-5,8-9,12-13,18,21,27,33H,6-7,10-11,14-16H2,1H3. The number of carbonyl (C=O) groups excluding carboxylic acids is 1. The van der Waals surface area contributed by atoms with Gasteiger partial charge in [-0.15, -0.1) is 0 Å². The van der Waals surface area contributed by atoms with E-state index in [1.165, 1.54) is 0 Å². The van der Waals surface area contributed by atoms with Crippen molar-refractivity contribution < 1.29 is 14.3 Å². The highest BCUT2D eigenvalue weighted by Gasteiger charge is 2.57. The second-order valence-electron chi connectivity index (χ2n) is 10.6. The molecule has 174 valence electrons. The third-order valence-corrected chi connectivity index (χ3v) is 7.91. The average molecular weight is 456 g/mol. The number of nitrogens with zero attached hydrogens (tertiary/aromatic N) is 3. The first kappa shape index (κ1) is 20.3. The Morgan fingerprint density at radius 1 is 1.06 bits per heavy atom. The van der Waals surface area contributed by atoms with Gasteiger partial charge in [0, 0.05) is 42.4 Å². The molecule has 3 fully saturated rings. The molecule has 0 bridgehead atoms. The zero-order chi connectivity index (χ0) is 23.0. The van der Waals surface area contributed by atoms with Crippen LogP contribution in [0, 0.1) is 18.8 Å². The molecule has 1 unspecified atom stereocenters. The monoisotopic (exact) mass is 455 g/mol. The molecule has 7 rings (SSSR count). The second-order valence-corrected chi connectivity index (χ2v) is 10.6. The zero-order valence-corrected chi connectivity index (χ0v) is 19.4. The molecule has 1 saturated heterocycles. The summed E-state index contributed by atoms with van der Waals surface area (Å²) in [5.74, 6) is 2.80. The first-order chi connectivity index (χ1) is 16.5. The summed E-state index contributed by atoms with van der Waals surface area (Å²) in [5.41, 5.74) is 3.91. The van der Waals surface area contributed by atoms with Crippen LogP contribution >= 0.6 is 0 Å². The van der Waals surface area contributed by atoms with E-state index >= 15 is 0 Å². The van der Waals surface area contributed by atoms with Gasteiger partial charge >= 0.3 is 0 Å². The summed E-state index contributed by atoms with van der Waals surface area (Å²) >= 11 is 0. The van der Waals surface area contributed by atoms with Crippen LogP contribution in [0.15, 0.2) is 57.9 Å². The molecule has 1 aromatic heterocycles. The Balaban J connectivity index is 1.11. The lowest BCUT2D eigenvalue weighted by Gasteiger charge is -2.42. The van der Waals surface area contributed by atoms with Crippen molar-refractivity contribution >= 4 is 22.7 Å². The van der Waals surface area contributed by atoms with Gasteiger partial charge in [-0.25, -0.2) is 0 Å². The van der Waals surface area contributed by atoms with E-state index in [2.05, 4.69) is 47.4 Å². The average Bonchev–Trinajstić information content (AvgIpc) is 3.72. The third-order valence-electron chi connectivity index (χ3n) is 7.91. The molecule has 0 radical (unpaired) electrons. The highest BCUT2D eigenvalue weighted by molar-refractivity contribution is 6.01. The van der Waals surface area contributed by atoms with Crippen LogP contribution in [0.25, 0.3) is 22.1 Å². The summed E-state index contributed by atoms with van der Waals surface area (Å²) < 4.78 is 5.71. The highest BCUT2D eigenvalue weighted by Crippen LogP contribution is 2.49. The number of rotatable bonds is 5. The number of aliphatic imine (C=N–C) groups is 1. The van der Waals surface area contributed by atoms with Crippen LogP contribution in [0.2, 0.25) is 0 Å². The van der Waals surface area contributed by atoms with Crippen LogP contribution in [-0.4, -0.2) is 58.1 Å². The van der Waals surface area contributed by atoms with Crippen molar-refractivity contribution in [2.45, 2.75) is 44.4 Å². The SMILES string of the molecule is Cc1cc2cc(-c3ccc(C4=NC5(CC5)C(O)N4CC4CN(C(=O)C5CC5)C4)cc3)ccc2o1. The van der Waals surface area contributed by atoms with E-state index in [0.29, 0.717) is 11.8 Å². The molecule has 6 nitrogen and oxygen atoms in total. The number of likely N-dealkylation sites (tertiary alicyclic amines) is 1. The molecule has 2 aliphatic heterocycles. The van der Waals surface area contributed by atoms with Gasteiger partial charge in [0.05, 0.1) is 0 Å². The van der Waals surface area contributed by atoms with E-state index < -0.39 is 6.23 Å². The molecule has 1 atom stereocenters. The number of fused-ring (bicyclic) bond motifs is 1. The molecule has 4 aliphatic rings. The number of hydrogen-bond acceptors (Lipinski definition) is 5. The molecule has 2 aromatic carbocycles. The van der Waals surface area contributed by atoms with Crippen molar-refractivity contribution in [3.05, 3.63) is 59.9 Å². The lowest BCUT2D eigenvalue weighted by Crippen LogP contribution is -2.56. The quantitative estimate of drug-likeness (QED) is 0.626. The number of hydrogen-bond donors (Lipinski definition) is 1. The van der Waals surface area contributed by atoms with Gasteiger partial charge in [-0.05, 0) is 61.9 Å². The van der Waals surface area contributed by atoms with Gasteiger partial charge in [0.15, 0.2) is 6.23 Å². The fourth-order valence-corrected chi connectivity index (χ4v) is 5.55. The predicted molar refractivity (Wildman–Crippen MR) is 130 cm³/mol. The smallest absolute Gasteiger partial charge is 0.225 e. The van der Waals surface area contributed by atoms with Crippen molar-refractivity contribution in [3.63, 3.8) is 0 Å². The van der Waals surface area contributed by atoms with Crippen molar-refractivity contribution in [1.82, 2.24) is 9.80 Å². The summed E-state index contributed by atoms with van der Waals surface area (Å²) in [6.45, 7) is 4.31. The number of furan rings is 1. The largest absolute Gasteiger partial charge is 0.461 e. The minimum Gasteiger partial charge on any atom is -0.461 e. The Morgan fingerprint density at radius 3 is 2.47 bits per heavy atom. The normalized spacial score (nSPS) is 23.5. The number of carbonyl (C=O) groups is 1. The molecular formula is C28H29N3O3. The van der Waals surface area contributed by atoms with Crippen molar-refractivity contribution in [2.24, 2.45) is 16.8 Å². The number of aryl methyl sites for hydroxylation is 1. The zero-order valence-electron chi connectivity index (χ0n) is 19.4. The number of aliphatic hydroxyl groups excluding tert-OH is 1. The summed E-state index contributed by atoms with van der Waals surface area (Å²) in [6.07, 6.45) is 3.41. The summed E-state index contributed by atoms with van der Waals surface area (Å²) in [6, 6.07) is 16.8. The van der Waals surface area contributed by atoms with E-state index in [1.54, 1.807) is 0 Å². The Hall–Kier alpha value is -3.12. The Labute approximate surface area is 198 Å². The topological polar surface area (TPSA) is 69.3 Å². The number of amides is 1. The maximum atomic E-state index is 12.3. The lowest BCUT2D eigenvalue weighted by molar-refractivity contribution is -0.139. The van der Waals surface area contributed by atoms with E-state index in [-0.39, 0.29) is 11.5 Å². The van der Waals surface area contributed by atoms with Crippen LogP contribution < -0.4 is 0 Å². The minimum atomic E-state index is -0.568. The highest BCUT2D eigenvalue weighted by atomic mass is 16.3. The summed E-state index contributed by atoms with van der Waals surface area (Å²) in [7, 11) is 0. The van der Waals surface area contributed by atoms with Gasteiger partial charge in [-0.3, -0.25) is 9.79 Å². The molecular weight excluding hydrogens is 426 g/mol. The van der Waals surface area contributed by atoms with Crippen molar-refractivity contribution in [3.8, 4) is 11.1 Å². The number of amidine groups is 1. The summed E-state index contributed by atoms with van der Waals surface area (Å²) in [4.78, 5) is 21.4. The third kappa shape index (κ3) is 3.27. The summed E-state index contributed by atoms with van der Waals surface area (Å²) in [5, 5.41) is 12.2. The van der Waals surface area contributed by atoms with Crippen LogP contribution in [0.1, 0.15) is 37.0 Å². The van der Waals surface area contributed by atoms with Gasteiger partial charge in [0.2, 0.25) is 5.91 Å². The molecule has 1 amide bonds. The molecule has 3 aromatic rings. The molecule has 1 N–H and O–H groups in total. The van der Waals surface area contributed by atoms with Crippen LogP contribution in [0.5, 0.6) is 0 Å². The van der Waals surface area contributed by atoms with Crippen LogP contribution in [-0.2, 0) is 4.79 Å². The van der Waals surface area contributed by atoms with Gasteiger partial charge in [0.1, 0.15) is 22.7 Å². The van der Waals surface area contributed by atoms with Crippen molar-refractivity contribution in [1.29, 1.82) is 0 Å². The first-order valence-electron chi connectivity index (χ1n) is 12.4. The van der Waals surface area contributed by atoms with Gasteiger partial charge < -0.3 is 19.3 Å². The molecule has 2 saturated carbocycles. The van der Waals surface area contributed by atoms with Crippen LogP contribution in [0.3, 0.4) is 0 Å². The van der Waals surface area contributed by atoms with Crippen molar-refractivity contribution in [2.75, 3.05) is 19.6 Å². The Morgan fingerprint density at radius 2 is 1.76 bits per heavy atom. The molecule has 1 spiro atoms. The Bertz CT molecular complexity index is 1310. The van der Waals surface area contributed by atoms with Gasteiger partial charge in [-0.1, -0.05) is 30.3 Å². The van der Waals surface area contributed by atoms with Gasteiger partial charge in [-0.2, -0.15) is 0 Å². The first-order valence-corrected chi connectivity index (χ1v) is 12.4. The maximum absolute atomic E-state index is 12.3. The molecule has 6 heteroatoms.